The molecule has 28 heavy (non-hydrogen) atoms. The average Bonchev–Trinajstić information content (AvgIpc) is 3.47. The van der Waals surface area contributed by atoms with Crippen LogP contribution in [0.4, 0.5) is 0 Å². The third-order valence-corrected chi connectivity index (χ3v) is 6.04. The normalized spacial score (nSPS) is 10.9. The number of hydrogen-bond donors (Lipinski definition) is 0. The summed E-state index contributed by atoms with van der Waals surface area (Å²) in [6, 6.07) is 14.0. The van der Waals surface area contributed by atoms with Crippen molar-refractivity contribution in [3.63, 3.8) is 0 Å². The first-order chi connectivity index (χ1) is 13.7. The lowest BCUT2D eigenvalue weighted by molar-refractivity contribution is 0.0789. The highest BCUT2D eigenvalue weighted by atomic mass is 32.1. The van der Waals surface area contributed by atoms with E-state index in [4.69, 9.17) is 5.10 Å². The maximum Gasteiger partial charge on any atom is 0.267 e. The van der Waals surface area contributed by atoms with E-state index in [1.165, 1.54) is 0 Å². The van der Waals surface area contributed by atoms with Crippen LogP contribution in [0.3, 0.4) is 0 Å². The maximum atomic E-state index is 12.9. The standard InChI is InChI=1S/C20H19N5OS2/c1-3-16-19(28-23-21-16)20(26)24(2)12-14-13-25(15-8-5-4-6-9-15)22-18(14)17-10-7-11-27-17/h4-11,13H,3,12H2,1-2H3. The summed E-state index contributed by atoms with van der Waals surface area (Å²) in [4.78, 5) is 16.3. The van der Waals surface area contributed by atoms with E-state index in [9.17, 15) is 4.79 Å². The molecule has 3 heterocycles. The predicted molar refractivity (Wildman–Crippen MR) is 112 cm³/mol. The fourth-order valence-corrected chi connectivity index (χ4v) is 4.45. The molecule has 142 valence electrons. The van der Waals surface area contributed by atoms with Crippen LogP contribution >= 0.6 is 22.9 Å². The van der Waals surface area contributed by atoms with Crippen molar-refractivity contribution in [2.24, 2.45) is 0 Å². The van der Waals surface area contributed by atoms with Crippen molar-refractivity contribution in [3.8, 4) is 16.3 Å². The largest absolute Gasteiger partial charge is 0.336 e. The number of thiophene rings is 1. The molecule has 0 unspecified atom stereocenters. The summed E-state index contributed by atoms with van der Waals surface area (Å²) in [7, 11) is 1.81. The molecule has 0 aliphatic rings. The van der Waals surface area contributed by atoms with Crippen molar-refractivity contribution in [1.82, 2.24) is 24.3 Å². The lowest BCUT2D eigenvalue weighted by atomic mass is 10.2. The highest BCUT2D eigenvalue weighted by Gasteiger charge is 2.22. The van der Waals surface area contributed by atoms with Gasteiger partial charge in [0.05, 0.1) is 16.3 Å². The summed E-state index contributed by atoms with van der Waals surface area (Å²) in [5.74, 6) is -0.0589. The molecule has 4 aromatic rings. The fraction of sp³-hybridized carbons (Fsp3) is 0.200. The van der Waals surface area contributed by atoms with Crippen LogP contribution in [0.5, 0.6) is 0 Å². The molecule has 0 atom stereocenters. The first kappa shape index (κ1) is 18.5. The molecule has 0 aliphatic heterocycles. The molecule has 1 aromatic carbocycles. The van der Waals surface area contributed by atoms with Gasteiger partial charge in [0, 0.05) is 25.4 Å². The Morgan fingerprint density at radius 2 is 2.00 bits per heavy atom. The van der Waals surface area contributed by atoms with Crippen LogP contribution < -0.4 is 0 Å². The molecule has 3 aromatic heterocycles. The van der Waals surface area contributed by atoms with E-state index in [2.05, 4.69) is 15.7 Å². The van der Waals surface area contributed by atoms with E-state index in [1.807, 2.05) is 59.6 Å². The van der Waals surface area contributed by atoms with Crippen LogP contribution in [0.25, 0.3) is 16.3 Å². The van der Waals surface area contributed by atoms with Gasteiger partial charge in [0.2, 0.25) is 0 Å². The number of para-hydroxylation sites is 1. The van der Waals surface area contributed by atoms with Crippen molar-refractivity contribution in [1.29, 1.82) is 0 Å². The summed E-state index contributed by atoms with van der Waals surface area (Å²) in [5.41, 5.74) is 3.63. The minimum atomic E-state index is -0.0589. The number of carbonyl (C=O) groups is 1. The smallest absolute Gasteiger partial charge is 0.267 e. The lowest BCUT2D eigenvalue weighted by Gasteiger charge is -2.16. The number of carbonyl (C=O) groups excluding carboxylic acids is 1. The quantitative estimate of drug-likeness (QED) is 0.477. The van der Waals surface area contributed by atoms with Gasteiger partial charge in [0.25, 0.3) is 5.91 Å². The van der Waals surface area contributed by atoms with Crippen molar-refractivity contribution in [2.75, 3.05) is 7.05 Å². The van der Waals surface area contributed by atoms with Crippen molar-refractivity contribution >= 4 is 28.8 Å². The molecule has 0 bridgehead atoms. The molecule has 6 nitrogen and oxygen atoms in total. The van der Waals surface area contributed by atoms with E-state index >= 15 is 0 Å². The first-order valence-corrected chi connectivity index (χ1v) is 10.6. The Bertz CT molecular complexity index is 1070. The summed E-state index contributed by atoms with van der Waals surface area (Å²) >= 11 is 2.79. The number of aryl methyl sites for hydroxylation is 1. The van der Waals surface area contributed by atoms with Crippen molar-refractivity contribution in [2.45, 2.75) is 19.9 Å². The Kier molecular flexibility index (Phi) is 5.31. The molecule has 0 aliphatic carbocycles. The molecule has 0 spiro atoms. The number of aromatic nitrogens is 4. The summed E-state index contributed by atoms with van der Waals surface area (Å²) < 4.78 is 5.80. The molecule has 4 rings (SSSR count). The third-order valence-electron chi connectivity index (χ3n) is 4.40. The van der Waals surface area contributed by atoms with Crippen molar-refractivity contribution < 1.29 is 4.79 Å². The number of amides is 1. The summed E-state index contributed by atoms with van der Waals surface area (Å²) in [6.45, 7) is 2.44. The highest BCUT2D eigenvalue weighted by Crippen LogP contribution is 2.29. The van der Waals surface area contributed by atoms with Gasteiger partial charge in [-0.2, -0.15) is 5.10 Å². The Balaban J connectivity index is 1.66. The topological polar surface area (TPSA) is 63.9 Å². The molecule has 8 heteroatoms. The minimum Gasteiger partial charge on any atom is -0.336 e. The van der Waals surface area contributed by atoms with E-state index in [0.717, 1.165) is 39.0 Å². The van der Waals surface area contributed by atoms with Gasteiger partial charge in [-0.1, -0.05) is 35.7 Å². The molecule has 0 fully saturated rings. The van der Waals surface area contributed by atoms with E-state index in [0.29, 0.717) is 17.8 Å². The van der Waals surface area contributed by atoms with Gasteiger partial charge in [0.15, 0.2) is 0 Å². The van der Waals surface area contributed by atoms with Crippen LogP contribution in [0.2, 0.25) is 0 Å². The number of nitrogens with zero attached hydrogens (tertiary/aromatic N) is 5. The summed E-state index contributed by atoms with van der Waals surface area (Å²) in [6.07, 6.45) is 2.69. The van der Waals surface area contributed by atoms with Crippen molar-refractivity contribution in [3.05, 3.63) is 70.2 Å². The van der Waals surface area contributed by atoms with Gasteiger partial charge < -0.3 is 4.90 Å². The SMILES string of the molecule is CCc1nnsc1C(=O)N(C)Cc1cn(-c2ccccc2)nc1-c1cccs1. The lowest BCUT2D eigenvalue weighted by Crippen LogP contribution is -2.26. The third kappa shape index (κ3) is 3.61. The van der Waals surface area contributed by atoms with E-state index in [1.54, 1.807) is 23.3 Å². The highest BCUT2D eigenvalue weighted by molar-refractivity contribution is 7.13. The zero-order valence-electron chi connectivity index (χ0n) is 15.6. The first-order valence-electron chi connectivity index (χ1n) is 8.92. The second kappa shape index (κ2) is 8.04. The van der Waals surface area contributed by atoms with Crippen LogP contribution in [0.15, 0.2) is 54.0 Å². The Morgan fingerprint density at radius 3 is 2.71 bits per heavy atom. The Morgan fingerprint density at radius 1 is 1.18 bits per heavy atom. The fourth-order valence-electron chi connectivity index (χ4n) is 2.96. The van der Waals surface area contributed by atoms with E-state index in [-0.39, 0.29) is 5.91 Å². The van der Waals surface area contributed by atoms with Gasteiger partial charge in [-0.3, -0.25) is 4.79 Å². The zero-order chi connectivity index (χ0) is 19.5. The van der Waals surface area contributed by atoms with Crippen LogP contribution in [-0.4, -0.2) is 37.2 Å². The second-order valence-corrected chi connectivity index (χ2v) is 8.03. The van der Waals surface area contributed by atoms with Gasteiger partial charge in [-0.05, 0) is 41.5 Å². The average molecular weight is 410 g/mol. The van der Waals surface area contributed by atoms with Crippen LogP contribution in [0, 0.1) is 0 Å². The van der Waals surface area contributed by atoms with Gasteiger partial charge in [-0.25, -0.2) is 4.68 Å². The van der Waals surface area contributed by atoms with Gasteiger partial charge >= 0.3 is 0 Å². The molecule has 0 N–H and O–H groups in total. The maximum absolute atomic E-state index is 12.9. The molecule has 0 saturated carbocycles. The Hall–Kier alpha value is -2.84. The monoisotopic (exact) mass is 409 g/mol. The number of rotatable bonds is 6. The van der Waals surface area contributed by atoms with Gasteiger partial charge in [-0.15, -0.1) is 16.4 Å². The molecular formula is C20H19N5OS2. The molecule has 0 saturated heterocycles. The number of benzene rings is 1. The predicted octanol–water partition coefficient (Wildman–Crippen LogP) is 4.29. The summed E-state index contributed by atoms with van der Waals surface area (Å²) in [5, 5.41) is 10.9. The molecule has 1 amide bonds. The number of hydrogen-bond acceptors (Lipinski definition) is 6. The molecular weight excluding hydrogens is 390 g/mol. The second-order valence-electron chi connectivity index (χ2n) is 6.32. The van der Waals surface area contributed by atoms with Crippen LogP contribution in [0.1, 0.15) is 27.9 Å². The van der Waals surface area contributed by atoms with E-state index < -0.39 is 0 Å². The van der Waals surface area contributed by atoms with Crippen LogP contribution in [-0.2, 0) is 13.0 Å². The minimum absolute atomic E-state index is 0.0589. The van der Waals surface area contributed by atoms with Gasteiger partial charge in [0.1, 0.15) is 10.6 Å². The zero-order valence-corrected chi connectivity index (χ0v) is 17.2. The molecule has 0 radical (unpaired) electrons. The Labute approximate surface area is 171 Å².